The highest BCUT2D eigenvalue weighted by Crippen LogP contribution is 2.14. The summed E-state index contributed by atoms with van der Waals surface area (Å²) in [6, 6.07) is 8.07. The lowest BCUT2D eigenvalue weighted by molar-refractivity contribution is -0.146. The summed E-state index contributed by atoms with van der Waals surface area (Å²) in [7, 11) is 4.33. The molecular weight excluding hydrogens is 302 g/mol. The highest BCUT2D eigenvalue weighted by Gasteiger charge is 2.35. The second kappa shape index (κ2) is 9.81. The number of hydrogen-bond donors (Lipinski definition) is 1. The van der Waals surface area contributed by atoms with E-state index >= 15 is 0 Å². The van der Waals surface area contributed by atoms with E-state index in [1.807, 2.05) is 30.3 Å². The number of amides is 1. The SMILES string of the molecule is COCC(COC)[C@@H](C(=O)O)N(C)C(=O)OCc1ccccc1. The average Bonchev–Trinajstić information content (AvgIpc) is 2.53. The van der Waals surface area contributed by atoms with Gasteiger partial charge in [-0.25, -0.2) is 9.59 Å². The maximum absolute atomic E-state index is 12.1. The van der Waals surface area contributed by atoms with Crippen LogP contribution in [0.4, 0.5) is 4.79 Å². The number of aliphatic carboxylic acids is 1. The Balaban J connectivity index is 2.73. The van der Waals surface area contributed by atoms with E-state index < -0.39 is 24.0 Å². The first-order valence-electron chi connectivity index (χ1n) is 7.15. The Morgan fingerprint density at radius 1 is 1.13 bits per heavy atom. The van der Waals surface area contributed by atoms with Crippen molar-refractivity contribution in [2.75, 3.05) is 34.5 Å². The average molecular weight is 325 g/mol. The highest BCUT2D eigenvalue weighted by atomic mass is 16.6. The Labute approximate surface area is 135 Å². The molecule has 0 radical (unpaired) electrons. The van der Waals surface area contributed by atoms with Crippen molar-refractivity contribution in [3.8, 4) is 0 Å². The van der Waals surface area contributed by atoms with E-state index in [2.05, 4.69) is 0 Å². The van der Waals surface area contributed by atoms with Gasteiger partial charge in [0.05, 0.1) is 13.2 Å². The van der Waals surface area contributed by atoms with Gasteiger partial charge in [0.15, 0.2) is 0 Å². The van der Waals surface area contributed by atoms with Gasteiger partial charge >= 0.3 is 12.1 Å². The summed E-state index contributed by atoms with van der Waals surface area (Å²) in [5.41, 5.74) is 0.825. The van der Waals surface area contributed by atoms with Crippen molar-refractivity contribution < 1.29 is 28.9 Å². The molecule has 0 spiro atoms. The van der Waals surface area contributed by atoms with Gasteiger partial charge in [-0.05, 0) is 5.56 Å². The van der Waals surface area contributed by atoms with Crippen LogP contribution in [0.2, 0.25) is 0 Å². The summed E-state index contributed by atoms with van der Waals surface area (Å²) in [6.45, 7) is 0.387. The van der Waals surface area contributed by atoms with Crippen molar-refractivity contribution in [2.24, 2.45) is 5.92 Å². The van der Waals surface area contributed by atoms with Gasteiger partial charge in [-0.15, -0.1) is 0 Å². The van der Waals surface area contributed by atoms with Crippen LogP contribution in [0.25, 0.3) is 0 Å². The van der Waals surface area contributed by atoms with Crippen molar-refractivity contribution in [1.82, 2.24) is 4.90 Å². The third-order valence-corrected chi connectivity index (χ3v) is 3.37. The molecule has 23 heavy (non-hydrogen) atoms. The molecule has 1 rings (SSSR count). The van der Waals surface area contributed by atoms with Crippen LogP contribution >= 0.6 is 0 Å². The second-order valence-electron chi connectivity index (χ2n) is 5.10. The molecule has 7 nitrogen and oxygen atoms in total. The molecule has 0 aliphatic heterocycles. The standard InChI is InChI=1S/C16H23NO6/c1-17(14(15(18)19)13(10-21-2)11-22-3)16(20)23-9-12-7-5-4-6-8-12/h4-8,13-14H,9-11H2,1-3H3,(H,18,19)/t14-/m0/s1. The van der Waals surface area contributed by atoms with Crippen molar-refractivity contribution in [2.45, 2.75) is 12.6 Å². The molecule has 0 aliphatic rings. The molecule has 0 aromatic heterocycles. The van der Waals surface area contributed by atoms with Gasteiger partial charge in [-0.3, -0.25) is 4.90 Å². The monoisotopic (exact) mass is 325 g/mol. The lowest BCUT2D eigenvalue weighted by atomic mass is 10.0. The number of hydrogen-bond acceptors (Lipinski definition) is 5. The smallest absolute Gasteiger partial charge is 0.410 e. The van der Waals surface area contributed by atoms with E-state index in [9.17, 15) is 14.7 Å². The number of rotatable bonds is 9. The first-order valence-corrected chi connectivity index (χ1v) is 7.15. The van der Waals surface area contributed by atoms with Crippen LogP contribution in [0, 0.1) is 5.92 Å². The third-order valence-electron chi connectivity index (χ3n) is 3.37. The predicted octanol–water partition coefficient (Wildman–Crippen LogP) is 1.62. The molecule has 0 unspecified atom stereocenters. The molecule has 0 heterocycles. The van der Waals surface area contributed by atoms with Crippen LogP contribution in [-0.2, 0) is 25.6 Å². The predicted molar refractivity (Wildman–Crippen MR) is 83.1 cm³/mol. The quantitative estimate of drug-likeness (QED) is 0.742. The Kier molecular flexibility index (Phi) is 8.07. The molecule has 0 aliphatic carbocycles. The van der Waals surface area contributed by atoms with E-state index in [1.54, 1.807) is 0 Å². The van der Waals surface area contributed by atoms with Crippen LogP contribution in [0.1, 0.15) is 5.56 Å². The molecule has 1 amide bonds. The van der Waals surface area contributed by atoms with Gasteiger partial charge in [0.2, 0.25) is 0 Å². The van der Waals surface area contributed by atoms with Gasteiger partial charge in [-0.1, -0.05) is 30.3 Å². The summed E-state index contributed by atoms with van der Waals surface area (Å²) in [5, 5.41) is 9.44. The lowest BCUT2D eigenvalue weighted by Crippen LogP contribution is -2.49. The summed E-state index contributed by atoms with van der Waals surface area (Å²) >= 11 is 0. The van der Waals surface area contributed by atoms with Gasteiger partial charge in [0.25, 0.3) is 0 Å². The lowest BCUT2D eigenvalue weighted by Gasteiger charge is -2.30. The fourth-order valence-corrected chi connectivity index (χ4v) is 2.28. The number of carbonyl (C=O) groups is 2. The van der Waals surface area contributed by atoms with Crippen molar-refractivity contribution in [3.05, 3.63) is 35.9 Å². The first-order chi connectivity index (χ1) is 11.0. The maximum Gasteiger partial charge on any atom is 0.410 e. The van der Waals surface area contributed by atoms with Gasteiger partial charge < -0.3 is 19.3 Å². The van der Waals surface area contributed by atoms with Crippen molar-refractivity contribution >= 4 is 12.1 Å². The number of ether oxygens (including phenoxy) is 3. The number of carboxylic acid groups (broad SMARTS) is 1. The van der Waals surface area contributed by atoms with E-state index in [4.69, 9.17) is 14.2 Å². The van der Waals surface area contributed by atoms with Gasteiger partial charge in [0.1, 0.15) is 12.6 Å². The molecular formula is C16H23NO6. The molecule has 0 saturated carbocycles. The number of nitrogens with zero attached hydrogens (tertiary/aromatic N) is 1. The molecule has 0 bridgehead atoms. The first kappa shape index (κ1) is 18.9. The second-order valence-corrected chi connectivity index (χ2v) is 5.10. The fraction of sp³-hybridized carbons (Fsp3) is 0.500. The largest absolute Gasteiger partial charge is 0.480 e. The summed E-state index contributed by atoms with van der Waals surface area (Å²) in [5.74, 6) is -1.64. The normalized spacial score (nSPS) is 12.0. The Morgan fingerprint density at radius 3 is 2.17 bits per heavy atom. The van der Waals surface area contributed by atoms with E-state index in [0.29, 0.717) is 0 Å². The maximum atomic E-state index is 12.1. The van der Waals surface area contributed by atoms with E-state index in [0.717, 1.165) is 10.5 Å². The summed E-state index contributed by atoms with van der Waals surface area (Å²) in [6.07, 6.45) is -0.710. The molecule has 1 aromatic rings. The fourth-order valence-electron chi connectivity index (χ4n) is 2.28. The van der Waals surface area contributed by atoms with Crippen LogP contribution in [0.3, 0.4) is 0 Å². The number of carbonyl (C=O) groups excluding carboxylic acids is 1. The number of methoxy groups -OCH3 is 2. The minimum absolute atomic E-state index is 0.0789. The topological polar surface area (TPSA) is 85.3 Å². The number of benzene rings is 1. The zero-order valence-electron chi connectivity index (χ0n) is 13.6. The van der Waals surface area contributed by atoms with Crippen molar-refractivity contribution in [3.63, 3.8) is 0 Å². The van der Waals surface area contributed by atoms with Gasteiger partial charge in [-0.2, -0.15) is 0 Å². The Morgan fingerprint density at radius 2 is 1.70 bits per heavy atom. The molecule has 1 N–H and O–H groups in total. The van der Waals surface area contributed by atoms with Crippen molar-refractivity contribution in [1.29, 1.82) is 0 Å². The molecule has 0 fully saturated rings. The Bertz CT molecular complexity index is 487. The Hall–Kier alpha value is -2.12. The number of carboxylic acids is 1. The third kappa shape index (κ3) is 5.88. The van der Waals surface area contributed by atoms with E-state index in [1.165, 1.54) is 21.3 Å². The van der Waals surface area contributed by atoms with Crippen LogP contribution < -0.4 is 0 Å². The molecule has 1 aromatic carbocycles. The highest BCUT2D eigenvalue weighted by molar-refractivity contribution is 5.80. The summed E-state index contributed by atoms with van der Waals surface area (Å²) in [4.78, 5) is 24.7. The summed E-state index contributed by atoms with van der Waals surface area (Å²) < 4.78 is 15.2. The molecule has 128 valence electrons. The van der Waals surface area contributed by atoms with Crippen LogP contribution in [0.15, 0.2) is 30.3 Å². The zero-order chi connectivity index (χ0) is 17.2. The molecule has 7 heteroatoms. The number of likely N-dealkylation sites (N-methyl/N-ethyl adjacent to an activating group) is 1. The van der Waals surface area contributed by atoms with Crippen LogP contribution in [0.5, 0.6) is 0 Å². The molecule has 1 atom stereocenters. The minimum atomic E-state index is -1.14. The zero-order valence-corrected chi connectivity index (χ0v) is 13.6. The van der Waals surface area contributed by atoms with Gasteiger partial charge in [0, 0.05) is 27.2 Å². The van der Waals surface area contributed by atoms with Crippen LogP contribution in [-0.4, -0.2) is 62.6 Å². The molecule has 0 saturated heterocycles. The minimum Gasteiger partial charge on any atom is -0.480 e. The van der Waals surface area contributed by atoms with E-state index in [-0.39, 0.29) is 19.8 Å².